The molecule has 2 saturated heterocycles. The minimum Gasteiger partial charge on any atom is -0.497 e. The van der Waals surface area contributed by atoms with Crippen molar-refractivity contribution in [2.75, 3.05) is 34.0 Å². The molecule has 4 atom stereocenters. The molecule has 0 radical (unpaired) electrons. The molecule has 0 bridgehead atoms. The fraction of sp³-hybridized carbons (Fsp3) is 0.488. The van der Waals surface area contributed by atoms with E-state index in [1.165, 1.54) is 10.4 Å². The van der Waals surface area contributed by atoms with Crippen molar-refractivity contribution in [3.8, 4) is 11.5 Å². The lowest BCUT2D eigenvalue weighted by Gasteiger charge is -2.43. The molecule has 2 fully saturated rings. The van der Waals surface area contributed by atoms with Crippen LogP contribution in [-0.4, -0.2) is 77.7 Å². The summed E-state index contributed by atoms with van der Waals surface area (Å²) in [7, 11) is 0.550. The van der Waals surface area contributed by atoms with E-state index < -0.39 is 14.1 Å². The maximum Gasteiger partial charge on any atom is 0.261 e. The summed E-state index contributed by atoms with van der Waals surface area (Å²) in [4.78, 5) is 0. The van der Waals surface area contributed by atoms with Crippen molar-refractivity contribution in [2.24, 2.45) is 0 Å². The Labute approximate surface area is 322 Å². The van der Waals surface area contributed by atoms with E-state index in [9.17, 15) is 5.11 Å². The number of hydrogen-bond donors (Lipinski definition) is 1. The highest BCUT2D eigenvalue weighted by Crippen LogP contribution is 2.38. The molecule has 5 rings (SSSR count). The van der Waals surface area contributed by atoms with Crippen LogP contribution in [0.25, 0.3) is 0 Å². The number of aliphatic hydroxyl groups excluding tert-OH is 1. The molecule has 53 heavy (non-hydrogen) atoms. The molecule has 2 heterocycles. The average molecular weight is 765 g/mol. The number of rotatable bonds is 17. The van der Waals surface area contributed by atoms with Crippen molar-refractivity contribution in [3.05, 3.63) is 107 Å². The first-order valence-corrected chi connectivity index (χ1v) is 20.9. The van der Waals surface area contributed by atoms with Crippen molar-refractivity contribution in [2.45, 2.75) is 102 Å². The molecule has 2 aliphatic heterocycles. The Balaban J connectivity index is 1.21. The van der Waals surface area contributed by atoms with Crippen LogP contribution in [0.15, 0.2) is 102 Å². The number of benzene rings is 3. The van der Waals surface area contributed by atoms with Gasteiger partial charge in [-0.3, -0.25) is 0 Å². The summed E-state index contributed by atoms with van der Waals surface area (Å²) in [5.74, 6) is 0.763. The van der Waals surface area contributed by atoms with Gasteiger partial charge in [0, 0.05) is 23.1 Å². The molecule has 8 nitrogen and oxygen atoms in total. The van der Waals surface area contributed by atoms with Gasteiger partial charge in [-0.2, -0.15) is 0 Å². The zero-order valence-corrected chi connectivity index (χ0v) is 34.1. The van der Waals surface area contributed by atoms with E-state index in [1.54, 1.807) is 14.2 Å². The minimum absolute atomic E-state index is 0.0550. The van der Waals surface area contributed by atoms with Crippen molar-refractivity contribution in [1.29, 1.82) is 0 Å². The topological polar surface area (TPSA) is 84.8 Å². The molecule has 10 heteroatoms. The molecule has 0 saturated carbocycles. The van der Waals surface area contributed by atoms with E-state index in [-0.39, 0.29) is 36.1 Å². The molecule has 0 spiro atoms. The number of halogens is 1. The highest BCUT2D eigenvalue weighted by Gasteiger charge is 2.50. The third kappa shape index (κ3) is 10.4. The number of methoxy groups -OCH3 is 2. The lowest BCUT2D eigenvalue weighted by atomic mass is 10.0. The maximum absolute atomic E-state index is 10.4. The van der Waals surface area contributed by atoms with Crippen molar-refractivity contribution in [1.82, 2.24) is 0 Å². The predicted molar refractivity (Wildman–Crippen MR) is 213 cm³/mol. The lowest BCUT2D eigenvalue weighted by Crippen LogP contribution is -2.66. The lowest BCUT2D eigenvalue weighted by molar-refractivity contribution is -0.164. The monoisotopic (exact) mass is 764 g/mol. The third-order valence-corrected chi connectivity index (χ3v) is 15.4. The Morgan fingerprint density at radius 1 is 0.962 bits per heavy atom. The van der Waals surface area contributed by atoms with Gasteiger partial charge >= 0.3 is 0 Å². The van der Waals surface area contributed by atoms with Crippen LogP contribution in [0.5, 0.6) is 11.5 Å². The molecular weight excluding hydrogens is 708 g/mol. The second kappa shape index (κ2) is 18.6. The smallest absolute Gasteiger partial charge is 0.261 e. The zero-order chi connectivity index (χ0) is 38.1. The van der Waals surface area contributed by atoms with E-state index in [0.29, 0.717) is 44.8 Å². The SMILES string of the molecule is COc1ccc(CO[C@@H]2C[C@@H](CC/C(Cl)=C/C/C=C(\CO)CO[Si](c3ccccc3)(c3ccccc3)C(C)(C)C)O[C@@H]2[C@H]2COC(C)(C)O2)c(OC)c1. The van der Waals surface area contributed by atoms with E-state index in [1.807, 2.05) is 56.3 Å². The van der Waals surface area contributed by atoms with Gasteiger partial charge in [0.1, 0.15) is 23.7 Å². The summed E-state index contributed by atoms with van der Waals surface area (Å²) < 4.78 is 43.2. The van der Waals surface area contributed by atoms with Crippen LogP contribution in [0.1, 0.15) is 65.9 Å². The Hall–Kier alpha value is -2.99. The average Bonchev–Trinajstić information content (AvgIpc) is 3.74. The van der Waals surface area contributed by atoms with Crippen LogP contribution < -0.4 is 19.8 Å². The third-order valence-electron chi connectivity index (χ3n) is 10.1. The van der Waals surface area contributed by atoms with Gasteiger partial charge in [-0.05, 0) is 66.2 Å². The van der Waals surface area contributed by atoms with Crippen LogP contribution in [0.2, 0.25) is 5.04 Å². The van der Waals surface area contributed by atoms with Crippen LogP contribution in [0.4, 0.5) is 0 Å². The zero-order valence-electron chi connectivity index (χ0n) is 32.3. The van der Waals surface area contributed by atoms with Crippen LogP contribution in [0, 0.1) is 0 Å². The number of aliphatic hydroxyl groups is 1. The molecule has 3 aromatic carbocycles. The predicted octanol–water partition coefficient (Wildman–Crippen LogP) is 7.69. The molecule has 0 amide bonds. The molecule has 2 aliphatic rings. The van der Waals surface area contributed by atoms with Gasteiger partial charge in [0.05, 0.1) is 52.9 Å². The number of allylic oxidation sites excluding steroid dienone is 3. The Morgan fingerprint density at radius 2 is 1.64 bits per heavy atom. The molecule has 288 valence electrons. The fourth-order valence-electron chi connectivity index (χ4n) is 7.37. The second-order valence-electron chi connectivity index (χ2n) is 15.3. The molecule has 0 aliphatic carbocycles. The van der Waals surface area contributed by atoms with Crippen molar-refractivity contribution < 1.29 is 38.0 Å². The first-order chi connectivity index (χ1) is 25.4. The van der Waals surface area contributed by atoms with Crippen LogP contribution in [0.3, 0.4) is 0 Å². The van der Waals surface area contributed by atoms with Gasteiger partial charge < -0.3 is 38.0 Å². The molecule has 1 N–H and O–H groups in total. The molecule has 0 aromatic heterocycles. The van der Waals surface area contributed by atoms with E-state index in [0.717, 1.165) is 28.3 Å². The molecular formula is C43H57ClO8Si. The highest BCUT2D eigenvalue weighted by molar-refractivity contribution is 6.99. The standard InChI is InChI=1S/C43H57ClO8Si/c1-42(2,3)53(36-17-10-8-11-18-36,37-19-12-9-13-20-37)50-28-31(27-45)15-14-16-33(44)22-24-35-26-39(41(51-35)40-30-49-43(4,5)52-40)48-29-32-21-23-34(46-6)25-38(32)47-7/h8-13,15-21,23,25,35,39-41,45H,14,22,24,26-30H2,1-7H3/b31-15+,33-16-/t35-,39-,40-,41+/m1/s1. The highest BCUT2D eigenvalue weighted by atomic mass is 35.5. The minimum atomic E-state index is -2.73. The van der Waals surface area contributed by atoms with Gasteiger partial charge in [-0.15, -0.1) is 0 Å². The van der Waals surface area contributed by atoms with Crippen molar-refractivity contribution >= 4 is 30.3 Å². The van der Waals surface area contributed by atoms with Gasteiger partial charge in [0.2, 0.25) is 0 Å². The van der Waals surface area contributed by atoms with Gasteiger partial charge in [-0.25, -0.2) is 0 Å². The van der Waals surface area contributed by atoms with E-state index in [4.69, 9.17) is 44.4 Å². The fourth-order valence-corrected chi connectivity index (χ4v) is 12.1. The van der Waals surface area contributed by atoms with Crippen LogP contribution in [-0.2, 0) is 30.0 Å². The van der Waals surface area contributed by atoms with E-state index >= 15 is 0 Å². The Kier molecular flexibility index (Phi) is 14.4. The summed E-state index contributed by atoms with van der Waals surface area (Å²) in [6.45, 7) is 11.6. The van der Waals surface area contributed by atoms with Gasteiger partial charge in [-0.1, -0.05) is 105 Å². The molecule has 0 unspecified atom stereocenters. The second-order valence-corrected chi connectivity index (χ2v) is 20.0. The van der Waals surface area contributed by atoms with E-state index in [2.05, 4.69) is 69.3 Å². The largest absolute Gasteiger partial charge is 0.497 e. The first kappa shape index (κ1) is 41.2. The summed E-state index contributed by atoms with van der Waals surface area (Å²) in [5.41, 5.74) is 1.76. The quantitative estimate of drug-likeness (QED) is 0.111. The summed E-state index contributed by atoms with van der Waals surface area (Å²) in [5, 5.41) is 13.4. The summed E-state index contributed by atoms with van der Waals surface area (Å²) >= 11 is 6.78. The Morgan fingerprint density at radius 3 is 2.21 bits per heavy atom. The normalized spacial score (nSPS) is 22.3. The van der Waals surface area contributed by atoms with Gasteiger partial charge in [0.25, 0.3) is 8.32 Å². The number of ether oxygens (including phenoxy) is 6. The maximum atomic E-state index is 10.4. The van der Waals surface area contributed by atoms with Gasteiger partial charge in [0.15, 0.2) is 5.79 Å². The first-order valence-electron chi connectivity index (χ1n) is 18.6. The summed E-state index contributed by atoms with van der Waals surface area (Å²) in [6, 6.07) is 26.8. The van der Waals surface area contributed by atoms with Crippen LogP contribution >= 0.6 is 11.6 Å². The Bertz CT molecular complexity index is 1620. The summed E-state index contributed by atoms with van der Waals surface area (Å²) in [6.07, 6.45) is 5.96. The van der Waals surface area contributed by atoms with Crippen molar-refractivity contribution in [3.63, 3.8) is 0 Å². The number of hydrogen-bond acceptors (Lipinski definition) is 8. The molecule has 3 aromatic rings.